The number of hydrogen-bond acceptors (Lipinski definition) is 1. The summed E-state index contributed by atoms with van der Waals surface area (Å²) in [6.07, 6.45) is 3.41. The fourth-order valence-electron chi connectivity index (χ4n) is 2.89. The van der Waals surface area contributed by atoms with Crippen LogP contribution in [0.3, 0.4) is 0 Å². The number of rotatable bonds is 1. The molecule has 1 aliphatic carbocycles. The summed E-state index contributed by atoms with van der Waals surface area (Å²) in [6.45, 7) is 2.25. The zero-order valence-corrected chi connectivity index (χ0v) is 11.6. The zero-order valence-electron chi connectivity index (χ0n) is 10.0. The molecule has 1 saturated carbocycles. The Kier molecular flexibility index (Phi) is 2.94. The van der Waals surface area contributed by atoms with Gasteiger partial charge < -0.3 is 9.55 Å². The van der Waals surface area contributed by atoms with Crippen LogP contribution in [-0.2, 0) is 0 Å². The van der Waals surface area contributed by atoms with Gasteiger partial charge in [-0.3, -0.25) is 0 Å². The molecular weight excluding hydrogens is 271 g/mol. The first-order chi connectivity index (χ1) is 8.56. The molecule has 2 aromatic rings. The predicted octanol–water partition coefficient (Wildman–Crippen LogP) is 4.85. The number of aromatic nitrogens is 2. The number of benzene rings is 1. The smallest absolute Gasteiger partial charge is 0.178 e. The standard InChI is InChI=1S/C13H14ClFN2S/c1-7-2-3-8(4-7)17-12-6-10(15)9(14)5-11(12)16-13(17)18/h5-8H,2-4H2,1H3,(H,16,18). The molecule has 2 atom stereocenters. The summed E-state index contributed by atoms with van der Waals surface area (Å²) in [4.78, 5) is 3.11. The van der Waals surface area contributed by atoms with Crippen molar-refractivity contribution < 1.29 is 4.39 Å². The van der Waals surface area contributed by atoms with Gasteiger partial charge in [0, 0.05) is 12.1 Å². The van der Waals surface area contributed by atoms with E-state index in [-0.39, 0.29) is 5.02 Å². The third-order valence-electron chi connectivity index (χ3n) is 3.79. The van der Waals surface area contributed by atoms with E-state index in [1.165, 1.54) is 12.5 Å². The van der Waals surface area contributed by atoms with Crippen molar-refractivity contribution in [3.05, 3.63) is 27.7 Å². The summed E-state index contributed by atoms with van der Waals surface area (Å²) >= 11 is 11.2. The highest BCUT2D eigenvalue weighted by atomic mass is 35.5. The number of nitrogens with one attached hydrogen (secondary N) is 1. The summed E-state index contributed by atoms with van der Waals surface area (Å²) in [5.74, 6) is 0.317. The van der Waals surface area contributed by atoms with E-state index in [2.05, 4.69) is 11.9 Å². The van der Waals surface area contributed by atoms with E-state index >= 15 is 0 Å². The maximum absolute atomic E-state index is 13.6. The van der Waals surface area contributed by atoms with Crippen molar-refractivity contribution >= 4 is 34.9 Å². The quantitative estimate of drug-likeness (QED) is 0.742. The van der Waals surface area contributed by atoms with Crippen LogP contribution in [0, 0.1) is 16.5 Å². The maximum Gasteiger partial charge on any atom is 0.178 e. The molecule has 3 rings (SSSR count). The molecule has 0 spiro atoms. The lowest BCUT2D eigenvalue weighted by molar-refractivity contribution is 0.499. The number of imidazole rings is 1. The van der Waals surface area contributed by atoms with Crippen molar-refractivity contribution in [2.45, 2.75) is 32.2 Å². The normalized spacial score (nSPS) is 23.9. The second-order valence-corrected chi connectivity index (χ2v) is 5.95. The average molecular weight is 285 g/mol. The van der Waals surface area contributed by atoms with Crippen molar-refractivity contribution in [2.75, 3.05) is 0 Å². The Bertz CT molecular complexity index is 661. The maximum atomic E-state index is 13.6. The van der Waals surface area contributed by atoms with Crippen LogP contribution in [0.15, 0.2) is 12.1 Å². The molecule has 1 aliphatic rings. The van der Waals surface area contributed by atoms with Crippen LogP contribution in [0.25, 0.3) is 11.0 Å². The van der Waals surface area contributed by atoms with Gasteiger partial charge in [0.15, 0.2) is 4.77 Å². The average Bonchev–Trinajstić information content (AvgIpc) is 2.83. The SMILES string of the molecule is CC1CCC(n2c(=S)[nH]c3cc(Cl)c(F)cc32)C1. The molecule has 2 unspecified atom stereocenters. The molecule has 0 radical (unpaired) electrons. The van der Waals surface area contributed by atoms with Gasteiger partial charge in [0.2, 0.25) is 0 Å². The van der Waals surface area contributed by atoms with E-state index in [0.717, 1.165) is 23.9 Å². The van der Waals surface area contributed by atoms with Gasteiger partial charge in [0.05, 0.1) is 16.1 Å². The lowest BCUT2D eigenvalue weighted by Crippen LogP contribution is -2.05. The van der Waals surface area contributed by atoms with E-state index in [4.69, 9.17) is 23.8 Å². The van der Waals surface area contributed by atoms with E-state index in [1.54, 1.807) is 6.07 Å². The van der Waals surface area contributed by atoms with Crippen molar-refractivity contribution in [1.82, 2.24) is 9.55 Å². The van der Waals surface area contributed by atoms with E-state index < -0.39 is 5.82 Å². The van der Waals surface area contributed by atoms with Crippen LogP contribution in [0.1, 0.15) is 32.2 Å². The van der Waals surface area contributed by atoms with Crippen LogP contribution >= 0.6 is 23.8 Å². The number of nitrogens with zero attached hydrogens (tertiary/aromatic N) is 1. The van der Waals surface area contributed by atoms with Gasteiger partial charge in [-0.25, -0.2) is 4.39 Å². The van der Waals surface area contributed by atoms with E-state index in [9.17, 15) is 4.39 Å². The van der Waals surface area contributed by atoms with Crippen molar-refractivity contribution in [1.29, 1.82) is 0 Å². The Morgan fingerprint density at radius 1 is 1.44 bits per heavy atom. The Hall–Kier alpha value is -0.870. The molecule has 1 heterocycles. The molecule has 5 heteroatoms. The molecule has 0 bridgehead atoms. The van der Waals surface area contributed by atoms with Gasteiger partial charge in [-0.05, 0) is 43.5 Å². The molecule has 1 N–H and O–H groups in total. The Balaban J connectivity index is 2.19. The first-order valence-electron chi connectivity index (χ1n) is 6.15. The minimum atomic E-state index is -0.391. The highest BCUT2D eigenvalue weighted by Gasteiger charge is 2.25. The molecule has 2 nitrogen and oxygen atoms in total. The molecule has 1 fully saturated rings. The second-order valence-electron chi connectivity index (χ2n) is 5.16. The van der Waals surface area contributed by atoms with Crippen molar-refractivity contribution in [3.8, 4) is 0 Å². The molecule has 1 aromatic heterocycles. The predicted molar refractivity (Wildman–Crippen MR) is 74.1 cm³/mol. The molecule has 18 heavy (non-hydrogen) atoms. The van der Waals surface area contributed by atoms with Crippen molar-refractivity contribution in [3.63, 3.8) is 0 Å². The lowest BCUT2D eigenvalue weighted by Gasteiger charge is -2.13. The van der Waals surface area contributed by atoms with Gasteiger partial charge in [0.25, 0.3) is 0 Å². The number of hydrogen-bond donors (Lipinski definition) is 1. The Labute approximate surface area is 115 Å². The Morgan fingerprint density at radius 2 is 2.22 bits per heavy atom. The fraction of sp³-hybridized carbons (Fsp3) is 0.462. The van der Waals surface area contributed by atoms with E-state index in [1.807, 2.05) is 4.57 Å². The monoisotopic (exact) mass is 284 g/mol. The second kappa shape index (κ2) is 4.35. The number of halogens is 2. The fourth-order valence-corrected chi connectivity index (χ4v) is 3.42. The van der Waals surface area contributed by atoms with Gasteiger partial charge in [0.1, 0.15) is 5.82 Å². The summed E-state index contributed by atoms with van der Waals surface area (Å²) < 4.78 is 16.3. The van der Waals surface area contributed by atoms with Crippen LogP contribution in [0.2, 0.25) is 5.02 Å². The topological polar surface area (TPSA) is 20.7 Å². The number of aromatic amines is 1. The van der Waals surface area contributed by atoms with E-state index in [0.29, 0.717) is 16.7 Å². The first kappa shape index (κ1) is 12.2. The Morgan fingerprint density at radius 3 is 2.89 bits per heavy atom. The summed E-state index contributed by atoms with van der Waals surface area (Å²) in [5.41, 5.74) is 1.63. The zero-order chi connectivity index (χ0) is 12.9. The molecule has 0 saturated heterocycles. The largest absolute Gasteiger partial charge is 0.331 e. The minimum absolute atomic E-state index is 0.130. The van der Waals surface area contributed by atoms with Gasteiger partial charge in [-0.15, -0.1) is 0 Å². The highest BCUT2D eigenvalue weighted by molar-refractivity contribution is 7.71. The lowest BCUT2D eigenvalue weighted by atomic mass is 10.1. The highest BCUT2D eigenvalue weighted by Crippen LogP contribution is 2.37. The molecule has 0 amide bonds. The third kappa shape index (κ3) is 1.88. The molecular formula is C13H14ClFN2S. The van der Waals surface area contributed by atoms with Gasteiger partial charge >= 0.3 is 0 Å². The van der Waals surface area contributed by atoms with Crippen LogP contribution in [0.4, 0.5) is 4.39 Å². The summed E-state index contributed by atoms with van der Waals surface area (Å²) in [5, 5.41) is 0.130. The van der Waals surface area contributed by atoms with Crippen LogP contribution in [0.5, 0.6) is 0 Å². The molecule has 1 aromatic carbocycles. The third-order valence-corrected chi connectivity index (χ3v) is 4.38. The summed E-state index contributed by atoms with van der Waals surface area (Å²) in [7, 11) is 0. The van der Waals surface area contributed by atoms with Gasteiger partial charge in [-0.2, -0.15) is 0 Å². The molecule has 96 valence electrons. The van der Waals surface area contributed by atoms with Crippen LogP contribution in [-0.4, -0.2) is 9.55 Å². The number of H-pyrrole nitrogens is 1. The summed E-state index contributed by atoms with van der Waals surface area (Å²) in [6, 6.07) is 3.46. The van der Waals surface area contributed by atoms with Crippen molar-refractivity contribution in [2.24, 2.45) is 5.92 Å². The van der Waals surface area contributed by atoms with Crippen LogP contribution < -0.4 is 0 Å². The minimum Gasteiger partial charge on any atom is -0.331 e. The van der Waals surface area contributed by atoms with Gasteiger partial charge in [-0.1, -0.05) is 18.5 Å². The first-order valence-corrected chi connectivity index (χ1v) is 6.94. The molecule has 0 aliphatic heterocycles. The number of fused-ring (bicyclic) bond motifs is 1.